The Morgan fingerprint density at radius 2 is 0.738 bits per heavy atom. The summed E-state index contributed by atoms with van der Waals surface area (Å²) in [7, 11) is 0. The summed E-state index contributed by atoms with van der Waals surface area (Å²) in [6, 6.07) is 86.6. The molecule has 0 aliphatic carbocycles. The molecule has 306 valence electrons. The fourth-order valence-corrected chi connectivity index (χ4v) is 10.1. The number of anilines is 3. The molecule has 2 aromatic heterocycles. The minimum Gasteiger partial charge on any atom is -0.456 e. The largest absolute Gasteiger partial charge is 0.456 e. The molecule has 0 unspecified atom stereocenters. The van der Waals surface area contributed by atoms with Crippen molar-refractivity contribution in [1.82, 2.24) is 4.98 Å². The molecular formula is C61H40N2OS. The molecule has 0 spiro atoms. The van der Waals surface area contributed by atoms with E-state index in [4.69, 9.17) is 9.40 Å². The van der Waals surface area contributed by atoms with Crippen LogP contribution >= 0.6 is 11.3 Å². The molecule has 0 bridgehead atoms. The predicted octanol–water partition coefficient (Wildman–Crippen LogP) is 17.7. The number of fused-ring (bicyclic) bond motifs is 5. The fraction of sp³-hybridized carbons (Fsp3) is 0. The summed E-state index contributed by atoms with van der Waals surface area (Å²) in [6.07, 6.45) is 0. The molecule has 0 radical (unpaired) electrons. The third-order valence-electron chi connectivity index (χ3n) is 12.3. The highest BCUT2D eigenvalue weighted by atomic mass is 32.1. The first kappa shape index (κ1) is 38.4. The number of benzene rings is 10. The maximum absolute atomic E-state index is 6.41. The molecule has 0 saturated heterocycles. The molecule has 12 rings (SSSR count). The number of nitrogens with zero attached hydrogens (tertiary/aromatic N) is 2. The van der Waals surface area contributed by atoms with E-state index in [1.807, 2.05) is 6.07 Å². The van der Waals surface area contributed by atoms with Gasteiger partial charge in [-0.05, 0) is 116 Å². The number of hydrogen-bond donors (Lipinski definition) is 0. The first-order valence-corrected chi connectivity index (χ1v) is 22.7. The lowest BCUT2D eigenvalue weighted by Crippen LogP contribution is -2.10. The normalized spacial score (nSPS) is 11.4. The summed E-state index contributed by atoms with van der Waals surface area (Å²) < 4.78 is 7.56. The van der Waals surface area contributed by atoms with Crippen LogP contribution in [0, 0.1) is 0 Å². The van der Waals surface area contributed by atoms with Crippen LogP contribution in [0.5, 0.6) is 0 Å². The molecule has 0 fully saturated rings. The molecule has 4 heteroatoms. The Morgan fingerprint density at radius 3 is 1.28 bits per heavy atom. The third-order valence-corrected chi connectivity index (χ3v) is 13.5. The van der Waals surface area contributed by atoms with Gasteiger partial charge in [-0.25, -0.2) is 4.98 Å². The van der Waals surface area contributed by atoms with Gasteiger partial charge in [0.25, 0.3) is 0 Å². The average molecular weight is 849 g/mol. The molecule has 0 atom stereocenters. The first-order valence-electron chi connectivity index (χ1n) is 21.9. The third kappa shape index (κ3) is 7.36. The lowest BCUT2D eigenvalue weighted by molar-refractivity contribution is 0.669. The minimum absolute atomic E-state index is 0.874. The number of aromatic nitrogens is 1. The van der Waals surface area contributed by atoms with E-state index in [0.717, 1.165) is 76.5 Å². The maximum atomic E-state index is 6.41. The Balaban J connectivity index is 0.904. The molecule has 0 aliphatic rings. The highest BCUT2D eigenvalue weighted by molar-refractivity contribution is 7.22. The van der Waals surface area contributed by atoms with Crippen molar-refractivity contribution in [1.29, 1.82) is 0 Å². The van der Waals surface area contributed by atoms with Gasteiger partial charge >= 0.3 is 0 Å². The van der Waals surface area contributed by atoms with Gasteiger partial charge in [-0.3, -0.25) is 0 Å². The van der Waals surface area contributed by atoms with Gasteiger partial charge < -0.3 is 9.32 Å². The second kappa shape index (κ2) is 16.4. The van der Waals surface area contributed by atoms with Crippen LogP contribution in [-0.4, -0.2) is 4.98 Å². The molecule has 65 heavy (non-hydrogen) atoms. The summed E-state index contributed by atoms with van der Waals surface area (Å²) in [5, 5.41) is 3.23. The highest BCUT2D eigenvalue weighted by Gasteiger charge is 2.18. The standard InChI is InChI=1S/C61H40N2OS/c1-4-11-41(12-5-1)43-19-21-45(22-20-43)46-27-32-52(33-28-46)63(54-18-10-17-50(39-54)47-25-23-44(24-26-47)42-13-6-2-7-14-42)53-34-29-48(30-35-53)51-31-37-57-55(40-51)59-58(64-57)38-36-56-60(59)65-61(62-56)49-15-8-3-9-16-49/h1-40H. The SMILES string of the molecule is c1ccc(-c2ccc(-c3ccc(N(c4ccc(-c5ccc6oc7ccc8nc(-c9ccccc9)sc8c7c6c5)cc4)c4cccc(-c5ccc(-c6ccccc6)cc5)c4)cc3)cc2)cc1. The van der Waals surface area contributed by atoms with Gasteiger partial charge in [0.05, 0.1) is 10.2 Å². The highest BCUT2D eigenvalue weighted by Crippen LogP contribution is 2.43. The van der Waals surface area contributed by atoms with Gasteiger partial charge in [0.1, 0.15) is 16.2 Å². The van der Waals surface area contributed by atoms with Crippen LogP contribution in [-0.2, 0) is 0 Å². The van der Waals surface area contributed by atoms with Crippen LogP contribution in [0.2, 0.25) is 0 Å². The fourth-order valence-electron chi connectivity index (χ4n) is 8.98. The Labute approximate surface area is 381 Å². The Hall–Kier alpha value is -8.31. The molecule has 0 aliphatic heterocycles. The molecule has 12 aromatic rings. The lowest BCUT2D eigenvalue weighted by Gasteiger charge is -2.26. The van der Waals surface area contributed by atoms with E-state index in [2.05, 4.69) is 241 Å². The summed E-state index contributed by atoms with van der Waals surface area (Å²) >= 11 is 1.72. The van der Waals surface area contributed by atoms with Crippen molar-refractivity contribution in [3.05, 3.63) is 243 Å². The van der Waals surface area contributed by atoms with Gasteiger partial charge in [-0.2, -0.15) is 0 Å². The van der Waals surface area contributed by atoms with Gasteiger partial charge in [0.2, 0.25) is 0 Å². The quantitative estimate of drug-likeness (QED) is 0.145. The van der Waals surface area contributed by atoms with Crippen molar-refractivity contribution in [2.24, 2.45) is 0 Å². The zero-order valence-corrected chi connectivity index (χ0v) is 36.1. The zero-order chi connectivity index (χ0) is 43.1. The van der Waals surface area contributed by atoms with Crippen molar-refractivity contribution in [2.75, 3.05) is 4.90 Å². The first-order chi connectivity index (χ1) is 32.2. The van der Waals surface area contributed by atoms with Crippen molar-refractivity contribution in [2.45, 2.75) is 0 Å². The van der Waals surface area contributed by atoms with E-state index < -0.39 is 0 Å². The van der Waals surface area contributed by atoms with Crippen LogP contribution in [0.15, 0.2) is 247 Å². The zero-order valence-electron chi connectivity index (χ0n) is 35.3. The van der Waals surface area contributed by atoms with Crippen molar-refractivity contribution < 1.29 is 4.42 Å². The van der Waals surface area contributed by atoms with Crippen LogP contribution in [0.3, 0.4) is 0 Å². The van der Waals surface area contributed by atoms with E-state index in [1.165, 1.54) is 38.9 Å². The topological polar surface area (TPSA) is 29.3 Å². The molecular weight excluding hydrogens is 809 g/mol. The van der Waals surface area contributed by atoms with Gasteiger partial charge in [0.15, 0.2) is 0 Å². The maximum Gasteiger partial charge on any atom is 0.137 e. The lowest BCUT2D eigenvalue weighted by atomic mass is 9.99. The molecule has 0 amide bonds. The Bertz CT molecular complexity index is 3600. The van der Waals surface area contributed by atoms with Crippen LogP contribution in [0.25, 0.3) is 98.4 Å². The van der Waals surface area contributed by atoms with Crippen LogP contribution in [0.1, 0.15) is 0 Å². The van der Waals surface area contributed by atoms with E-state index in [9.17, 15) is 0 Å². The second-order valence-corrected chi connectivity index (χ2v) is 17.4. The van der Waals surface area contributed by atoms with E-state index in [0.29, 0.717) is 0 Å². The molecule has 0 saturated carbocycles. The number of thiazole rings is 1. The minimum atomic E-state index is 0.874. The van der Waals surface area contributed by atoms with Gasteiger partial charge in [-0.1, -0.05) is 182 Å². The van der Waals surface area contributed by atoms with E-state index >= 15 is 0 Å². The van der Waals surface area contributed by atoms with Gasteiger partial charge in [-0.15, -0.1) is 11.3 Å². The monoisotopic (exact) mass is 848 g/mol. The molecule has 3 nitrogen and oxygen atoms in total. The van der Waals surface area contributed by atoms with E-state index in [1.54, 1.807) is 11.3 Å². The van der Waals surface area contributed by atoms with Gasteiger partial charge in [0, 0.05) is 33.4 Å². The van der Waals surface area contributed by atoms with Crippen LogP contribution in [0.4, 0.5) is 17.1 Å². The average Bonchev–Trinajstić information content (AvgIpc) is 4.00. The molecule has 10 aromatic carbocycles. The Morgan fingerprint density at radius 1 is 0.323 bits per heavy atom. The number of furan rings is 1. The van der Waals surface area contributed by atoms with Crippen molar-refractivity contribution >= 4 is 60.6 Å². The summed E-state index contributed by atoms with van der Waals surface area (Å²) in [6.45, 7) is 0. The summed E-state index contributed by atoms with van der Waals surface area (Å²) in [5.41, 5.74) is 18.9. The number of hydrogen-bond acceptors (Lipinski definition) is 4. The van der Waals surface area contributed by atoms with Crippen LogP contribution < -0.4 is 4.90 Å². The van der Waals surface area contributed by atoms with E-state index in [-0.39, 0.29) is 0 Å². The van der Waals surface area contributed by atoms with Crippen molar-refractivity contribution in [3.63, 3.8) is 0 Å². The second-order valence-electron chi connectivity index (χ2n) is 16.4. The molecule has 0 N–H and O–H groups in total. The van der Waals surface area contributed by atoms with Crippen molar-refractivity contribution in [3.8, 4) is 66.2 Å². The predicted molar refractivity (Wildman–Crippen MR) is 274 cm³/mol. The summed E-state index contributed by atoms with van der Waals surface area (Å²) in [5.74, 6) is 0. The smallest absolute Gasteiger partial charge is 0.137 e. The summed E-state index contributed by atoms with van der Waals surface area (Å²) in [4.78, 5) is 7.37. The molecule has 2 heterocycles. The number of rotatable bonds is 9. The Kier molecular flexibility index (Phi) is 9.70.